The number of allylic oxidation sites excluding steroid dienone is 6. The lowest BCUT2D eigenvalue weighted by Crippen LogP contribution is -2.24. The van der Waals surface area contributed by atoms with Crippen LogP contribution in [0.3, 0.4) is 0 Å². The highest BCUT2D eigenvalue weighted by Gasteiger charge is 2.40. The zero-order valence-corrected chi connectivity index (χ0v) is 11.5. The fourth-order valence-corrected chi connectivity index (χ4v) is 2.21. The first kappa shape index (κ1) is 15.3. The molecule has 0 heterocycles. The number of halogens is 3. The molecule has 21 heavy (non-hydrogen) atoms. The van der Waals surface area contributed by atoms with E-state index in [1.807, 2.05) is 13.0 Å². The SMILES string of the molecule is Cc1cccc(C(=O)C=CC2=CC=CCC2C(F)(F)F)c1. The third-order valence-corrected chi connectivity index (χ3v) is 3.32. The van der Waals surface area contributed by atoms with E-state index in [0.29, 0.717) is 5.56 Å². The molecular formula is C17H15F3O. The Morgan fingerprint density at radius 2 is 2.10 bits per heavy atom. The minimum atomic E-state index is -4.30. The first-order valence-corrected chi connectivity index (χ1v) is 6.60. The molecule has 110 valence electrons. The van der Waals surface area contributed by atoms with Crippen LogP contribution in [0.4, 0.5) is 13.2 Å². The minimum Gasteiger partial charge on any atom is -0.289 e. The van der Waals surface area contributed by atoms with Gasteiger partial charge in [-0.15, -0.1) is 0 Å². The van der Waals surface area contributed by atoms with Gasteiger partial charge >= 0.3 is 6.18 Å². The number of rotatable bonds is 3. The fraction of sp³-hybridized carbons (Fsp3) is 0.235. The molecule has 0 amide bonds. The predicted octanol–water partition coefficient (Wildman–Crippen LogP) is 4.80. The number of hydrogen-bond donors (Lipinski definition) is 0. The second kappa shape index (κ2) is 6.12. The van der Waals surface area contributed by atoms with Crippen LogP contribution in [0.25, 0.3) is 0 Å². The van der Waals surface area contributed by atoms with Crippen molar-refractivity contribution in [2.24, 2.45) is 5.92 Å². The van der Waals surface area contributed by atoms with Crippen LogP contribution < -0.4 is 0 Å². The van der Waals surface area contributed by atoms with E-state index in [9.17, 15) is 18.0 Å². The zero-order valence-electron chi connectivity index (χ0n) is 11.5. The van der Waals surface area contributed by atoms with Crippen LogP contribution in [-0.4, -0.2) is 12.0 Å². The molecule has 0 aliphatic heterocycles. The van der Waals surface area contributed by atoms with Crippen LogP contribution in [0, 0.1) is 12.8 Å². The van der Waals surface area contributed by atoms with Crippen molar-refractivity contribution in [3.8, 4) is 0 Å². The number of hydrogen-bond acceptors (Lipinski definition) is 1. The third-order valence-electron chi connectivity index (χ3n) is 3.32. The molecule has 1 unspecified atom stereocenters. The van der Waals surface area contributed by atoms with Gasteiger partial charge in [0.25, 0.3) is 0 Å². The second-order valence-electron chi connectivity index (χ2n) is 4.99. The van der Waals surface area contributed by atoms with Crippen molar-refractivity contribution in [3.63, 3.8) is 0 Å². The molecule has 1 aromatic rings. The minimum absolute atomic E-state index is 0.0850. The van der Waals surface area contributed by atoms with Crippen LogP contribution in [-0.2, 0) is 0 Å². The Balaban J connectivity index is 2.18. The van der Waals surface area contributed by atoms with Gasteiger partial charge in [0.1, 0.15) is 0 Å². The molecule has 0 saturated carbocycles. The largest absolute Gasteiger partial charge is 0.396 e. The van der Waals surface area contributed by atoms with Crippen LogP contribution in [0.1, 0.15) is 22.3 Å². The molecule has 1 aliphatic carbocycles. The average Bonchev–Trinajstić information content (AvgIpc) is 2.44. The van der Waals surface area contributed by atoms with Gasteiger partial charge < -0.3 is 0 Å². The van der Waals surface area contributed by atoms with Gasteiger partial charge in [-0.05, 0) is 31.1 Å². The second-order valence-corrected chi connectivity index (χ2v) is 4.99. The van der Waals surface area contributed by atoms with Crippen molar-refractivity contribution in [2.45, 2.75) is 19.5 Å². The topological polar surface area (TPSA) is 17.1 Å². The summed E-state index contributed by atoms with van der Waals surface area (Å²) in [6.45, 7) is 1.86. The normalized spacial score (nSPS) is 18.9. The first-order chi connectivity index (χ1) is 9.88. The van der Waals surface area contributed by atoms with E-state index in [0.717, 1.165) is 5.56 Å². The fourth-order valence-electron chi connectivity index (χ4n) is 2.21. The maximum absolute atomic E-state index is 12.9. The lowest BCUT2D eigenvalue weighted by atomic mass is 9.90. The molecule has 1 nitrogen and oxygen atoms in total. The molecule has 0 fully saturated rings. The summed E-state index contributed by atoms with van der Waals surface area (Å²) in [5.74, 6) is -1.83. The van der Waals surface area contributed by atoms with Crippen LogP contribution in [0.5, 0.6) is 0 Å². The van der Waals surface area contributed by atoms with Gasteiger partial charge in [0.2, 0.25) is 0 Å². The maximum Gasteiger partial charge on any atom is 0.396 e. The molecule has 1 atom stereocenters. The average molecular weight is 292 g/mol. The van der Waals surface area contributed by atoms with Crippen molar-refractivity contribution in [3.05, 3.63) is 71.3 Å². The van der Waals surface area contributed by atoms with Gasteiger partial charge in [0, 0.05) is 5.56 Å². The molecular weight excluding hydrogens is 277 g/mol. The predicted molar refractivity (Wildman–Crippen MR) is 76.0 cm³/mol. The Bertz CT molecular complexity index is 621. The lowest BCUT2D eigenvalue weighted by molar-refractivity contribution is -0.162. The summed E-state index contributed by atoms with van der Waals surface area (Å²) in [6, 6.07) is 6.96. The van der Waals surface area contributed by atoms with Crippen molar-refractivity contribution < 1.29 is 18.0 Å². The van der Waals surface area contributed by atoms with E-state index in [-0.39, 0.29) is 17.8 Å². The summed E-state index contributed by atoms with van der Waals surface area (Å²) in [5, 5.41) is 0. The van der Waals surface area contributed by atoms with Gasteiger partial charge in [-0.3, -0.25) is 4.79 Å². The molecule has 1 aromatic carbocycles. The third kappa shape index (κ3) is 3.94. The van der Waals surface area contributed by atoms with Crippen LogP contribution in [0.15, 0.2) is 60.2 Å². The molecule has 4 heteroatoms. The van der Waals surface area contributed by atoms with Crippen molar-refractivity contribution in [1.29, 1.82) is 0 Å². The highest BCUT2D eigenvalue weighted by atomic mass is 19.4. The van der Waals surface area contributed by atoms with Crippen LogP contribution in [0.2, 0.25) is 0 Å². The van der Waals surface area contributed by atoms with E-state index in [4.69, 9.17) is 0 Å². The zero-order chi connectivity index (χ0) is 15.5. The summed E-state index contributed by atoms with van der Waals surface area (Å²) in [5.41, 5.74) is 1.52. The standard InChI is InChI=1S/C17H15F3O/c1-12-5-4-7-14(11-12)16(21)10-9-13-6-2-3-8-15(13)17(18,19)20/h2-7,9-11,15H,8H2,1H3. The number of ketones is 1. The van der Waals surface area contributed by atoms with E-state index < -0.39 is 12.1 Å². The number of benzene rings is 1. The highest BCUT2D eigenvalue weighted by molar-refractivity contribution is 6.04. The number of carbonyl (C=O) groups is 1. The summed E-state index contributed by atoms with van der Waals surface area (Å²) < 4.78 is 38.7. The Hall–Kier alpha value is -2.10. The van der Waals surface area contributed by atoms with Gasteiger partial charge in [0.05, 0.1) is 5.92 Å². The van der Waals surface area contributed by atoms with Gasteiger partial charge in [-0.1, -0.05) is 48.1 Å². The number of aryl methyl sites for hydroxylation is 1. The monoisotopic (exact) mass is 292 g/mol. The molecule has 0 aromatic heterocycles. The Kier molecular flexibility index (Phi) is 4.46. The summed E-state index contributed by atoms with van der Waals surface area (Å²) >= 11 is 0. The molecule has 1 aliphatic rings. The van der Waals surface area contributed by atoms with E-state index >= 15 is 0 Å². The Morgan fingerprint density at radius 3 is 2.76 bits per heavy atom. The van der Waals surface area contributed by atoms with Gasteiger partial charge in [0.15, 0.2) is 5.78 Å². The molecule has 0 radical (unpaired) electrons. The van der Waals surface area contributed by atoms with Gasteiger partial charge in [-0.25, -0.2) is 0 Å². The lowest BCUT2D eigenvalue weighted by Gasteiger charge is -2.22. The quantitative estimate of drug-likeness (QED) is 0.578. The molecule has 0 spiro atoms. The van der Waals surface area contributed by atoms with Crippen molar-refractivity contribution >= 4 is 5.78 Å². The van der Waals surface area contributed by atoms with E-state index in [2.05, 4.69) is 0 Å². The Labute approximate surface area is 121 Å². The number of alkyl halides is 3. The molecule has 0 bridgehead atoms. The van der Waals surface area contributed by atoms with Crippen LogP contribution >= 0.6 is 0 Å². The summed E-state index contributed by atoms with van der Waals surface area (Å²) in [6.07, 6.45) is 2.56. The first-order valence-electron chi connectivity index (χ1n) is 6.60. The molecule has 0 N–H and O–H groups in total. The number of carbonyl (C=O) groups excluding carboxylic acids is 1. The maximum atomic E-state index is 12.9. The molecule has 0 saturated heterocycles. The summed E-state index contributed by atoms with van der Waals surface area (Å²) in [4.78, 5) is 12.0. The van der Waals surface area contributed by atoms with E-state index in [1.165, 1.54) is 24.3 Å². The summed E-state index contributed by atoms with van der Waals surface area (Å²) in [7, 11) is 0. The Morgan fingerprint density at radius 1 is 1.33 bits per heavy atom. The molecule has 2 rings (SSSR count). The van der Waals surface area contributed by atoms with Crippen molar-refractivity contribution in [2.75, 3.05) is 0 Å². The van der Waals surface area contributed by atoms with Crippen molar-refractivity contribution in [1.82, 2.24) is 0 Å². The highest BCUT2D eigenvalue weighted by Crippen LogP contribution is 2.37. The smallest absolute Gasteiger partial charge is 0.289 e. The van der Waals surface area contributed by atoms with E-state index in [1.54, 1.807) is 24.3 Å². The van der Waals surface area contributed by atoms with Gasteiger partial charge in [-0.2, -0.15) is 13.2 Å².